The highest BCUT2D eigenvalue weighted by Crippen LogP contribution is 2.37. The minimum absolute atomic E-state index is 0.138. The van der Waals surface area contributed by atoms with Crippen LogP contribution >= 0.6 is 23.2 Å². The summed E-state index contributed by atoms with van der Waals surface area (Å²) in [6.45, 7) is 0.714. The van der Waals surface area contributed by atoms with E-state index >= 15 is 0 Å². The van der Waals surface area contributed by atoms with Crippen molar-refractivity contribution in [2.75, 3.05) is 6.54 Å². The number of amides is 1. The molecule has 0 bridgehead atoms. The Balaban J connectivity index is 1.98. The lowest BCUT2D eigenvalue weighted by molar-refractivity contribution is -0.120. The van der Waals surface area contributed by atoms with E-state index in [2.05, 4.69) is 22.0 Å². The highest BCUT2D eigenvalue weighted by Gasteiger charge is 2.22. The molecule has 1 unspecified atom stereocenters. The van der Waals surface area contributed by atoms with Crippen molar-refractivity contribution in [3.05, 3.63) is 46.4 Å². The van der Waals surface area contributed by atoms with Crippen LogP contribution in [0.5, 0.6) is 0 Å². The van der Waals surface area contributed by atoms with Crippen LogP contribution < -0.4 is 5.32 Å². The number of nitrogens with zero attached hydrogens (tertiary/aromatic N) is 1. The molecule has 2 aromatic carbocycles. The van der Waals surface area contributed by atoms with Gasteiger partial charge in [-0.1, -0.05) is 23.2 Å². The van der Waals surface area contributed by atoms with Gasteiger partial charge in [0.1, 0.15) is 0 Å². The average Bonchev–Trinajstić information content (AvgIpc) is 2.67. The molecular formula is C18H16Cl2N2O. The predicted molar refractivity (Wildman–Crippen MR) is 95.4 cm³/mol. The summed E-state index contributed by atoms with van der Waals surface area (Å²) in [7, 11) is 0. The molecule has 3 aromatic rings. The first-order valence-corrected chi connectivity index (χ1v) is 8.54. The van der Waals surface area contributed by atoms with Gasteiger partial charge in [-0.2, -0.15) is 0 Å². The molecule has 23 heavy (non-hydrogen) atoms. The monoisotopic (exact) mass is 346 g/mol. The number of benzene rings is 2. The Morgan fingerprint density at radius 2 is 1.57 bits per heavy atom. The molecule has 0 aliphatic carbocycles. The number of carbonyl (C=O) groups is 1. The number of hydrogen-bond donors (Lipinski definition) is 1. The molecule has 1 N–H and O–H groups in total. The molecule has 0 saturated carbocycles. The lowest BCUT2D eigenvalue weighted by Gasteiger charge is -2.19. The summed E-state index contributed by atoms with van der Waals surface area (Å²) in [6.07, 6.45) is 2.33. The molecule has 0 spiro atoms. The second kappa shape index (κ2) is 5.73. The van der Waals surface area contributed by atoms with Crippen LogP contribution in [0, 0.1) is 0 Å². The molecular weight excluding hydrogens is 331 g/mol. The van der Waals surface area contributed by atoms with Gasteiger partial charge in [0.2, 0.25) is 5.91 Å². The Bertz CT molecular complexity index is 857. The minimum Gasteiger partial charge on any atom is -0.356 e. The molecule has 4 rings (SSSR count). The van der Waals surface area contributed by atoms with Crippen LogP contribution in [0.1, 0.15) is 25.3 Å². The van der Waals surface area contributed by atoms with E-state index in [0.29, 0.717) is 23.0 Å². The Hall–Kier alpha value is -1.71. The zero-order valence-electron chi connectivity index (χ0n) is 12.5. The molecule has 1 aliphatic heterocycles. The maximum absolute atomic E-state index is 11.7. The Kier molecular flexibility index (Phi) is 3.70. The largest absolute Gasteiger partial charge is 0.356 e. The summed E-state index contributed by atoms with van der Waals surface area (Å²) >= 11 is 12.4. The quantitative estimate of drug-likeness (QED) is 0.665. The summed E-state index contributed by atoms with van der Waals surface area (Å²) in [6, 6.07) is 12.2. The highest BCUT2D eigenvalue weighted by molar-refractivity contribution is 6.33. The Labute approximate surface area is 144 Å². The van der Waals surface area contributed by atoms with Crippen LogP contribution in [0.2, 0.25) is 10.0 Å². The number of halogens is 2. The molecule has 1 amide bonds. The highest BCUT2D eigenvalue weighted by atomic mass is 35.5. The van der Waals surface area contributed by atoms with Crippen LogP contribution in [-0.2, 0) is 4.79 Å². The first kappa shape index (κ1) is 14.9. The summed E-state index contributed by atoms with van der Waals surface area (Å²) in [4.78, 5) is 11.7. The Morgan fingerprint density at radius 3 is 2.17 bits per heavy atom. The smallest absolute Gasteiger partial charge is 0.220 e. The fourth-order valence-corrected chi connectivity index (χ4v) is 3.90. The van der Waals surface area contributed by atoms with Crippen molar-refractivity contribution in [1.29, 1.82) is 0 Å². The van der Waals surface area contributed by atoms with Crippen molar-refractivity contribution in [3.63, 3.8) is 0 Å². The Morgan fingerprint density at radius 1 is 0.957 bits per heavy atom. The van der Waals surface area contributed by atoms with Crippen molar-refractivity contribution in [3.8, 4) is 0 Å². The van der Waals surface area contributed by atoms with E-state index < -0.39 is 0 Å². The van der Waals surface area contributed by atoms with E-state index in [1.165, 1.54) is 0 Å². The molecule has 1 atom stereocenters. The van der Waals surface area contributed by atoms with Gasteiger partial charge in [0.25, 0.3) is 0 Å². The second-order valence-corrected chi connectivity index (χ2v) is 6.90. The molecule has 0 radical (unpaired) electrons. The molecule has 3 nitrogen and oxygen atoms in total. The van der Waals surface area contributed by atoms with Crippen LogP contribution in [-0.4, -0.2) is 17.0 Å². The van der Waals surface area contributed by atoms with Gasteiger partial charge in [0.05, 0.1) is 0 Å². The van der Waals surface area contributed by atoms with Crippen molar-refractivity contribution in [1.82, 2.24) is 9.88 Å². The third-order valence-electron chi connectivity index (χ3n) is 4.60. The first-order valence-electron chi connectivity index (χ1n) is 7.79. The van der Waals surface area contributed by atoms with Crippen molar-refractivity contribution < 1.29 is 4.79 Å². The van der Waals surface area contributed by atoms with E-state index in [4.69, 9.17) is 23.2 Å². The number of carbonyl (C=O) groups excluding carboxylic acids is 1. The average molecular weight is 347 g/mol. The standard InChI is InChI=1S/C18H16Cl2N2O/c19-11-1-4-16-14(9-11)15-10-12(20)2-5-17(15)22(16)13-3-6-18(23)21-8-7-13/h1-2,4-5,9-10,13H,3,6-8H2,(H,21,23). The number of aromatic nitrogens is 1. The first-order chi connectivity index (χ1) is 11.1. The zero-order chi connectivity index (χ0) is 16.0. The van der Waals surface area contributed by atoms with Gasteiger partial charge in [-0.3, -0.25) is 4.79 Å². The van der Waals surface area contributed by atoms with E-state index in [1.54, 1.807) is 0 Å². The summed E-state index contributed by atoms with van der Waals surface area (Å²) in [5, 5.41) is 6.61. The SMILES string of the molecule is O=C1CCC(n2c3ccc(Cl)cc3c3cc(Cl)ccc32)CCN1. The maximum Gasteiger partial charge on any atom is 0.220 e. The van der Waals surface area contributed by atoms with Crippen molar-refractivity contribution in [2.45, 2.75) is 25.3 Å². The van der Waals surface area contributed by atoms with Gasteiger partial charge in [0.15, 0.2) is 0 Å². The predicted octanol–water partition coefficient (Wildman–Crippen LogP) is 4.94. The topological polar surface area (TPSA) is 34.0 Å². The number of hydrogen-bond acceptors (Lipinski definition) is 1. The van der Waals surface area contributed by atoms with Crippen molar-refractivity contribution >= 4 is 50.9 Å². The summed E-state index contributed by atoms with van der Waals surface area (Å²) in [5.41, 5.74) is 2.29. The third-order valence-corrected chi connectivity index (χ3v) is 5.07. The van der Waals surface area contributed by atoms with Gasteiger partial charge in [-0.15, -0.1) is 0 Å². The molecule has 1 aromatic heterocycles. The van der Waals surface area contributed by atoms with Crippen LogP contribution in [0.3, 0.4) is 0 Å². The molecule has 1 saturated heterocycles. The molecule has 118 valence electrons. The van der Waals surface area contributed by atoms with Crippen molar-refractivity contribution in [2.24, 2.45) is 0 Å². The van der Waals surface area contributed by atoms with E-state index in [1.807, 2.05) is 24.3 Å². The fourth-order valence-electron chi connectivity index (χ4n) is 3.56. The van der Waals surface area contributed by atoms with Gasteiger partial charge < -0.3 is 9.88 Å². The zero-order valence-corrected chi connectivity index (χ0v) is 14.0. The summed E-state index contributed by atoms with van der Waals surface area (Å²) in [5.74, 6) is 0.138. The lowest BCUT2D eigenvalue weighted by atomic mass is 10.1. The number of nitrogens with one attached hydrogen (secondary N) is 1. The molecule has 1 fully saturated rings. The van der Waals surface area contributed by atoms with Crippen LogP contribution in [0.15, 0.2) is 36.4 Å². The number of fused-ring (bicyclic) bond motifs is 3. The van der Waals surface area contributed by atoms with Gasteiger partial charge in [-0.25, -0.2) is 0 Å². The maximum atomic E-state index is 11.7. The molecule has 2 heterocycles. The van der Waals surface area contributed by atoms with E-state index in [0.717, 1.165) is 34.6 Å². The molecule has 1 aliphatic rings. The van der Waals surface area contributed by atoms with Gasteiger partial charge in [-0.05, 0) is 49.2 Å². The normalized spacial score (nSPS) is 19.0. The van der Waals surface area contributed by atoms with Gasteiger partial charge in [0, 0.05) is 50.9 Å². The fraction of sp³-hybridized carbons (Fsp3) is 0.278. The minimum atomic E-state index is 0.138. The van der Waals surface area contributed by atoms with E-state index in [9.17, 15) is 4.79 Å². The van der Waals surface area contributed by atoms with Crippen LogP contribution in [0.4, 0.5) is 0 Å². The van der Waals surface area contributed by atoms with Crippen LogP contribution in [0.25, 0.3) is 21.8 Å². The number of rotatable bonds is 1. The van der Waals surface area contributed by atoms with E-state index in [-0.39, 0.29) is 11.9 Å². The molecule has 5 heteroatoms. The lowest BCUT2D eigenvalue weighted by Crippen LogP contribution is -2.21. The van der Waals surface area contributed by atoms with Gasteiger partial charge >= 0.3 is 0 Å². The summed E-state index contributed by atoms with van der Waals surface area (Å²) < 4.78 is 2.34. The third kappa shape index (κ3) is 2.58. The second-order valence-electron chi connectivity index (χ2n) is 6.02.